The van der Waals surface area contributed by atoms with E-state index in [-0.39, 0.29) is 6.61 Å². The first-order chi connectivity index (χ1) is 9.85. The molecule has 0 fully saturated rings. The van der Waals surface area contributed by atoms with E-state index in [9.17, 15) is 0 Å². The molecule has 108 valence electrons. The fourth-order valence-electron chi connectivity index (χ4n) is 1.79. The van der Waals surface area contributed by atoms with Crippen molar-refractivity contribution in [3.8, 4) is 0 Å². The molecule has 1 aromatic carbocycles. The number of nitrogens with one attached hydrogen (secondary N) is 2. The van der Waals surface area contributed by atoms with Crippen LogP contribution < -0.4 is 16.6 Å². The van der Waals surface area contributed by atoms with Gasteiger partial charge < -0.3 is 10.4 Å². The summed E-state index contributed by atoms with van der Waals surface area (Å²) in [5.74, 6) is 8.51. The summed E-state index contributed by atoms with van der Waals surface area (Å²) in [6.07, 6.45) is 0.836. The van der Waals surface area contributed by atoms with Crippen molar-refractivity contribution in [2.24, 2.45) is 5.84 Å². The maximum Gasteiger partial charge on any atom is 0.239 e. The Balaban J connectivity index is 2.01. The summed E-state index contributed by atoms with van der Waals surface area (Å²) in [6, 6.07) is 7.81. The van der Waals surface area contributed by atoms with Crippen LogP contribution >= 0.6 is 11.8 Å². The molecule has 7 heteroatoms. The van der Waals surface area contributed by atoms with Gasteiger partial charge in [0.2, 0.25) is 5.95 Å². The second-order valence-corrected chi connectivity index (χ2v) is 5.40. The van der Waals surface area contributed by atoms with Gasteiger partial charge in [0.15, 0.2) is 0 Å². The minimum absolute atomic E-state index is 0.252. The van der Waals surface area contributed by atoms with Crippen molar-refractivity contribution in [1.29, 1.82) is 0 Å². The number of hydrogen-bond acceptors (Lipinski definition) is 7. The van der Waals surface area contributed by atoms with Crippen molar-refractivity contribution in [1.82, 2.24) is 9.97 Å². The number of aromatic nitrogens is 2. The van der Waals surface area contributed by atoms with Gasteiger partial charge in [-0.2, -0.15) is 16.7 Å². The third-order valence-corrected chi connectivity index (χ3v) is 3.79. The lowest BCUT2D eigenvalue weighted by molar-refractivity contribution is 0.296. The zero-order valence-corrected chi connectivity index (χ0v) is 12.0. The minimum Gasteiger partial charge on any atom is -0.396 e. The molecular weight excluding hydrogens is 274 g/mol. The number of anilines is 2. The van der Waals surface area contributed by atoms with Crippen molar-refractivity contribution in [3.63, 3.8) is 0 Å². The van der Waals surface area contributed by atoms with E-state index in [1.54, 1.807) is 11.8 Å². The second-order valence-electron chi connectivity index (χ2n) is 4.17. The van der Waals surface area contributed by atoms with Gasteiger partial charge >= 0.3 is 0 Å². The number of hydrazine groups is 1. The molecule has 6 nitrogen and oxygen atoms in total. The molecule has 0 aliphatic carbocycles. The molecule has 1 aromatic heterocycles. The lowest BCUT2D eigenvalue weighted by atomic mass is 10.2. The molecule has 20 heavy (non-hydrogen) atoms. The number of nitrogens with zero attached hydrogens (tertiary/aromatic N) is 2. The third-order valence-electron chi connectivity index (χ3n) is 2.72. The normalized spacial score (nSPS) is 10.7. The van der Waals surface area contributed by atoms with Crippen molar-refractivity contribution in [2.75, 3.05) is 35.4 Å². The Hall–Kier alpha value is -1.57. The Labute approximate surface area is 122 Å². The van der Waals surface area contributed by atoms with Gasteiger partial charge in [-0.05, 0) is 24.3 Å². The topological polar surface area (TPSA) is 96.1 Å². The van der Waals surface area contributed by atoms with Crippen LogP contribution in [0.2, 0.25) is 0 Å². The fourth-order valence-corrected chi connectivity index (χ4v) is 2.57. The van der Waals surface area contributed by atoms with Crippen molar-refractivity contribution >= 4 is 34.4 Å². The Morgan fingerprint density at radius 2 is 2.05 bits per heavy atom. The first kappa shape index (κ1) is 14.8. The number of fused-ring (bicyclic) bond motifs is 1. The van der Waals surface area contributed by atoms with Crippen LogP contribution in [0, 0.1) is 0 Å². The number of benzene rings is 1. The van der Waals surface area contributed by atoms with Crippen molar-refractivity contribution in [3.05, 3.63) is 24.3 Å². The second kappa shape index (κ2) is 7.88. The standard InChI is InChI=1S/C13H19N5OS/c14-18-13-16-11-5-2-1-4-10(11)12(17-13)15-6-9-20-8-3-7-19/h1-2,4-5,19H,3,6-9,14H2,(H2,15,16,17,18). The van der Waals surface area contributed by atoms with Gasteiger partial charge in [0.05, 0.1) is 5.52 Å². The summed E-state index contributed by atoms with van der Waals surface area (Å²) in [5.41, 5.74) is 3.34. The number of rotatable bonds is 8. The number of para-hydroxylation sites is 1. The highest BCUT2D eigenvalue weighted by Gasteiger charge is 2.05. The van der Waals surface area contributed by atoms with Crippen LogP contribution in [0.3, 0.4) is 0 Å². The van der Waals surface area contributed by atoms with E-state index in [0.29, 0.717) is 5.95 Å². The molecule has 0 aliphatic heterocycles. The average molecular weight is 293 g/mol. The Morgan fingerprint density at radius 1 is 1.20 bits per heavy atom. The summed E-state index contributed by atoms with van der Waals surface area (Å²) >= 11 is 1.81. The molecular formula is C13H19N5OS. The van der Waals surface area contributed by atoms with Crippen LogP contribution in [0.5, 0.6) is 0 Å². The molecule has 0 aliphatic rings. The third kappa shape index (κ3) is 3.96. The number of aliphatic hydroxyl groups excluding tert-OH is 1. The smallest absolute Gasteiger partial charge is 0.239 e. The molecule has 1 heterocycles. The molecule has 2 aromatic rings. The average Bonchev–Trinajstić information content (AvgIpc) is 2.50. The highest BCUT2D eigenvalue weighted by atomic mass is 32.2. The summed E-state index contributed by atoms with van der Waals surface area (Å²) < 4.78 is 0. The van der Waals surface area contributed by atoms with Gasteiger partial charge in [-0.15, -0.1) is 0 Å². The number of hydrogen-bond donors (Lipinski definition) is 4. The van der Waals surface area contributed by atoms with E-state index < -0.39 is 0 Å². The Morgan fingerprint density at radius 3 is 2.85 bits per heavy atom. The molecule has 0 bridgehead atoms. The largest absolute Gasteiger partial charge is 0.396 e. The van der Waals surface area contributed by atoms with Gasteiger partial charge in [-0.3, -0.25) is 5.43 Å². The van der Waals surface area contributed by atoms with Gasteiger partial charge in [-0.1, -0.05) is 12.1 Å². The van der Waals surface area contributed by atoms with E-state index in [4.69, 9.17) is 10.9 Å². The lowest BCUT2D eigenvalue weighted by Crippen LogP contribution is -2.13. The zero-order chi connectivity index (χ0) is 14.2. The van der Waals surface area contributed by atoms with Crippen LogP contribution in [-0.2, 0) is 0 Å². The first-order valence-corrected chi connectivity index (χ1v) is 7.66. The maximum absolute atomic E-state index is 8.71. The van der Waals surface area contributed by atoms with Crippen LogP contribution in [0.25, 0.3) is 10.9 Å². The van der Waals surface area contributed by atoms with Gasteiger partial charge in [0.25, 0.3) is 0 Å². The highest BCUT2D eigenvalue weighted by Crippen LogP contribution is 2.21. The predicted molar refractivity (Wildman–Crippen MR) is 84.9 cm³/mol. The number of nitrogens with two attached hydrogens (primary N) is 1. The van der Waals surface area contributed by atoms with E-state index >= 15 is 0 Å². The highest BCUT2D eigenvalue weighted by molar-refractivity contribution is 7.99. The maximum atomic E-state index is 8.71. The van der Waals surface area contributed by atoms with Crippen molar-refractivity contribution < 1.29 is 5.11 Å². The summed E-state index contributed by atoms with van der Waals surface area (Å²) in [5, 5.41) is 13.0. The molecule has 0 unspecified atom stereocenters. The van der Waals surface area contributed by atoms with Crippen LogP contribution in [0.4, 0.5) is 11.8 Å². The number of nitrogen functional groups attached to an aromatic ring is 1. The SMILES string of the molecule is NNc1nc(NCCSCCCO)c2ccccc2n1. The number of thioether (sulfide) groups is 1. The van der Waals surface area contributed by atoms with Gasteiger partial charge in [0.1, 0.15) is 5.82 Å². The Kier molecular flexibility index (Phi) is 5.85. The van der Waals surface area contributed by atoms with E-state index in [1.165, 1.54) is 0 Å². The number of aliphatic hydroxyl groups is 1. The Bertz CT molecular complexity index is 551. The van der Waals surface area contributed by atoms with E-state index in [1.807, 2.05) is 24.3 Å². The molecule has 0 atom stereocenters. The molecule has 5 N–H and O–H groups in total. The molecule has 2 rings (SSSR count). The molecule has 0 saturated heterocycles. The van der Waals surface area contributed by atoms with Crippen LogP contribution in [0.1, 0.15) is 6.42 Å². The van der Waals surface area contributed by atoms with Crippen molar-refractivity contribution in [2.45, 2.75) is 6.42 Å². The molecule has 0 radical (unpaired) electrons. The summed E-state index contributed by atoms with van der Waals surface area (Å²) in [6.45, 7) is 1.06. The fraction of sp³-hybridized carbons (Fsp3) is 0.385. The predicted octanol–water partition coefficient (Wildman–Crippen LogP) is 1.44. The quantitative estimate of drug-likeness (QED) is 0.332. The molecule has 0 saturated carbocycles. The van der Waals surface area contributed by atoms with E-state index in [2.05, 4.69) is 20.7 Å². The zero-order valence-electron chi connectivity index (χ0n) is 11.2. The first-order valence-electron chi connectivity index (χ1n) is 6.51. The van der Waals surface area contributed by atoms with Crippen LogP contribution in [-0.4, -0.2) is 39.7 Å². The lowest BCUT2D eigenvalue weighted by Gasteiger charge is -2.10. The van der Waals surface area contributed by atoms with Gasteiger partial charge in [-0.25, -0.2) is 10.8 Å². The molecule has 0 spiro atoms. The monoisotopic (exact) mass is 293 g/mol. The van der Waals surface area contributed by atoms with E-state index in [0.717, 1.165) is 41.2 Å². The van der Waals surface area contributed by atoms with Gasteiger partial charge in [0, 0.05) is 24.3 Å². The molecule has 0 amide bonds. The summed E-state index contributed by atoms with van der Waals surface area (Å²) in [7, 11) is 0. The van der Waals surface area contributed by atoms with Crippen LogP contribution in [0.15, 0.2) is 24.3 Å². The minimum atomic E-state index is 0.252. The summed E-state index contributed by atoms with van der Waals surface area (Å²) in [4.78, 5) is 8.65.